The molecule has 1 aromatic carbocycles. The minimum atomic E-state index is -0.219. The highest BCUT2D eigenvalue weighted by molar-refractivity contribution is 5.17. The maximum absolute atomic E-state index is 9.80. The zero-order valence-electron chi connectivity index (χ0n) is 12.6. The van der Waals surface area contributed by atoms with E-state index in [2.05, 4.69) is 48.2 Å². The SMILES string of the molecule is CCCCCC1(C#N)CCCCN1Cc1ccccc1. The first-order chi connectivity index (χ1) is 9.80. The van der Waals surface area contributed by atoms with Gasteiger partial charge in [-0.3, -0.25) is 4.90 Å². The van der Waals surface area contributed by atoms with Crippen LogP contribution in [-0.2, 0) is 6.54 Å². The smallest absolute Gasteiger partial charge is 0.109 e. The van der Waals surface area contributed by atoms with Crippen LogP contribution in [0.2, 0.25) is 0 Å². The van der Waals surface area contributed by atoms with E-state index in [-0.39, 0.29) is 5.54 Å². The number of unbranched alkanes of at least 4 members (excludes halogenated alkanes) is 2. The van der Waals surface area contributed by atoms with E-state index >= 15 is 0 Å². The molecule has 0 saturated carbocycles. The van der Waals surface area contributed by atoms with Crippen LogP contribution in [0.4, 0.5) is 0 Å². The van der Waals surface area contributed by atoms with Crippen molar-refractivity contribution >= 4 is 0 Å². The number of rotatable bonds is 6. The molecule has 0 N–H and O–H groups in total. The van der Waals surface area contributed by atoms with Gasteiger partial charge in [0.2, 0.25) is 0 Å². The van der Waals surface area contributed by atoms with Crippen LogP contribution in [0, 0.1) is 11.3 Å². The Morgan fingerprint density at radius 1 is 1.20 bits per heavy atom. The quantitative estimate of drug-likeness (QED) is 0.711. The summed E-state index contributed by atoms with van der Waals surface area (Å²) in [6.07, 6.45) is 8.14. The molecule has 0 radical (unpaired) electrons. The molecule has 1 aliphatic rings. The Morgan fingerprint density at radius 3 is 2.70 bits per heavy atom. The van der Waals surface area contributed by atoms with Gasteiger partial charge in [-0.2, -0.15) is 5.26 Å². The topological polar surface area (TPSA) is 27.0 Å². The second-order valence-corrected chi connectivity index (χ2v) is 5.96. The molecule has 1 aromatic rings. The predicted octanol–water partition coefficient (Wildman–Crippen LogP) is 4.52. The number of hydrogen-bond donors (Lipinski definition) is 0. The van der Waals surface area contributed by atoms with Crippen LogP contribution in [0.25, 0.3) is 0 Å². The summed E-state index contributed by atoms with van der Waals surface area (Å²) < 4.78 is 0. The Morgan fingerprint density at radius 2 is 2.00 bits per heavy atom. The molecule has 2 heteroatoms. The molecule has 0 aliphatic carbocycles. The molecule has 1 fully saturated rings. The lowest BCUT2D eigenvalue weighted by atomic mass is 9.83. The van der Waals surface area contributed by atoms with Crippen LogP contribution in [0.1, 0.15) is 57.4 Å². The molecule has 1 heterocycles. The highest BCUT2D eigenvalue weighted by Crippen LogP contribution is 2.33. The number of likely N-dealkylation sites (tertiary alicyclic amines) is 1. The van der Waals surface area contributed by atoms with Gasteiger partial charge in [-0.1, -0.05) is 56.5 Å². The van der Waals surface area contributed by atoms with Crippen molar-refractivity contribution in [2.45, 2.75) is 64.0 Å². The molecule has 0 spiro atoms. The van der Waals surface area contributed by atoms with Crippen molar-refractivity contribution < 1.29 is 0 Å². The molecule has 1 aliphatic heterocycles. The van der Waals surface area contributed by atoms with Gasteiger partial charge in [-0.15, -0.1) is 0 Å². The fourth-order valence-corrected chi connectivity index (χ4v) is 3.26. The molecule has 20 heavy (non-hydrogen) atoms. The lowest BCUT2D eigenvalue weighted by molar-refractivity contribution is 0.0741. The lowest BCUT2D eigenvalue weighted by Crippen LogP contribution is -2.50. The summed E-state index contributed by atoms with van der Waals surface area (Å²) in [4.78, 5) is 2.43. The number of nitriles is 1. The highest BCUT2D eigenvalue weighted by Gasteiger charge is 2.38. The van der Waals surface area contributed by atoms with Crippen molar-refractivity contribution in [3.8, 4) is 6.07 Å². The summed E-state index contributed by atoms with van der Waals surface area (Å²) in [5.41, 5.74) is 1.10. The van der Waals surface area contributed by atoms with E-state index in [1.54, 1.807) is 0 Å². The fraction of sp³-hybridized carbons (Fsp3) is 0.611. The van der Waals surface area contributed by atoms with Crippen LogP contribution in [0.5, 0.6) is 0 Å². The van der Waals surface area contributed by atoms with Crippen molar-refractivity contribution in [2.75, 3.05) is 6.54 Å². The average molecular weight is 270 g/mol. The van der Waals surface area contributed by atoms with Crippen molar-refractivity contribution in [1.82, 2.24) is 4.90 Å². The monoisotopic (exact) mass is 270 g/mol. The van der Waals surface area contributed by atoms with Gasteiger partial charge >= 0.3 is 0 Å². The molecule has 1 unspecified atom stereocenters. The third-order valence-electron chi connectivity index (χ3n) is 4.49. The number of piperidine rings is 1. The van der Waals surface area contributed by atoms with E-state index in [9.17, 15) is 5.26 Å². The molecule has 1 saturated heterocycles. The van der Waals surface area contributed by atoms with Gasteiger partial charge in [0, 0.05) is 13.1 Å². The van der Waals surface area contributed by atoms with Gasteiger partial charge in [0.05, 0.1) is 6.07 Å². The Hall–Kier alpha value is -1.33. The van der Waals surface area contributed by atoms with Crippen molar-refractivity contribution in [3.05, 3.63) is 35.9 Å². The van der Waals surface area contributed by atoms with Crippen LogP contribution in [0.3, 0.4) is 0 Å². The summed E-state index contributed by atoms with van der Waals surface area (Å²) in [6.45, 7) is 4.21. The van der Waals surface area contributed by atoms with Gasteiger partial charge in [0.25, 0.3) is 0 Å². The Labute approximate surface area is 123 Å². The molecule has 2 nitrogen and oxygen atoms in total. The first-order valence-electron chi connectivity index (χ1n) is 8.01. The zero-order valence-corrected chi connectivity index (χ0v) is 12.6. The second kappa shape index (κ2) is 7.45. The number of benzene rings is 1. The molecule has 108 valence electrons. The molecule has 0 bridgehead atoms. The number of hydrogen-bond acceptors (Lipinski definition) is 2. The molecule has 2 rings (SSSR count). The molecular formula is C18H26N2. The van der Waals surface area contributed by atoms with E-state index in [1.165, 1.54) is 37.7 Å². The Kier molecular flexibility index (Phi) is 5.61. The van der Waals surface area contributed by atoms with Crippen LogP contribution < -0.4 is 0 Å². The van der Waals surface area contributed by atoms with Gasteiger partial charge in [-0.25, -0.2) is 0 Å². The highest BCUT2D eigenvalue weighted by atomic mass is 15.2. The fourth-order valence-electron chi connectivity index (χ4n) is 3.26. The summed E-state index contributed by atoms with van der Waals surface area (Å²) in [5.74, 6) is 0. The summed E-state index contributed by atoms with van der Waals surface area (Å²) >= 11 is 0. The third kappa shape index (κ3) is 3.61. The standard InChI is InChI=1S/C18H26N2/c1-2-3-7-12-18(16-19)13-8-9-14-20(18)15-17-10-5-4-6-11-17/h4-6,10-11H,2-3,7-9,12-15H2,1H3. The van der Waals surface area contributed by atoms with Crippen molar-refractivity contribution in [2.24, 2.45) is 0 Å². The molecule has 0 aromatic heterocycles. The molecule has 1 atom stereocenters. The molecular weight excluding hydrogens is 244 g/mol. The van der Waals surface area contributed by atoms with Gasteiger partial charge in [-0.05, 0) is 31.2 Å². The van der Waals surface area contributed by atoms with E-state index in [0.29, 0.717) is 0 Å². The first-order valence-corrected chi connectivity index (χ1v) is 8.01. The minimum Gasteiger partial charge on any atom is -0.281 e. The maximum atomic E-state index is 9.80. The second-order valence-electron chi connectivity index (χ2n) is 5.96. The van der Waals surface area contributed by atoms with Crippen molar-refractivity contribution in [1.29, 1.82) is 5.26 Å². The Balaban J connectivity index is 2.08. The number of nitrogens with zero attached hydrogens (tertiary/aromatic N) is 2. The average Bonchev–Trinajstić information content (AvgIpc) is 2.50. The maximum Gasteiger partial charge on any atom is 0.109 e. The normalized spacial score (nSPS) is 23.4. The van der Waals surface area contributed by atoms with Crippen molar-refractivity contribution in [3.63, 3.8) is 0 Å². The zero-order chi connectivity index (χ0) is 14.3. The predicted molar refractivity (Wildman–Crippen MR) is 83.2 cm³/mol. The van der Waals surface area contributed by atoms with Gasteiger partial charge in [0.15, 0.2) is 0 Å². The minimum absolute atomic E-state index is 0.219. The van der Waals surface area contributed by atoms with Crippen LogP contribution in [-0.4, -0.2) is 17.0 Å². The summed E-state index contributed by atoms with van der Waals surface area (Å²) in [7, 11) is 0. The summed E-state index contributed by atoms with van der Waals surface area (Å²) in [6, 6.07) is 13.2. The third-order valence-corrected chi connectivity index (χ3v) is 4.49. The van der Waals surface area contributed by atoms with E-state index in [0.717, 1.165) is 25.9 Å². The van der Waals surface area contributed by atoms with E-state index < -0.39 is 0 Å². The van der Waals surface area contributed by atoms with Gasteiger partial charge in [0.1, 0.15) is 5.54 Å². The largest absolute Gasteiger partial charge is 0.281 e. The lowest BCUT2D eigenvalue weighted by Gasteiger charge is -2.42. The first kappa shape index (κ1) is 15.1. The van der Waals surface area contributed by atoms with Gasteiger partial charge < -0.3 is 0 Å². The Bertz CT molecular complexity index is 434. The van der Waals surface area contributed by atoms with E-state index in [1.807, 2.05) is 0 Å². The van der Waals surface area contributed by atoms with E-state index in [4.69, 9.17) is 0 Å². The summed E-state index contributed by atoms with van der Waals surface area (Å²) in [5, 5.41) is 9.80. The molecule has 0 amide bonds. The van der Waals surface area contributed by atoms with Crippen LogP contribution in [0.15, 0.2) is 30.3 Å². The van der Waals surface area contributed by atoms with Crippen LogP contribution >= 0.6 is 0 Å².